The summed E-state index contributed by atoms with van der Waals surface area (Å²) in [6.45, 7) is 0. The summed E-state index contributed by atoms with van der Waals surface area (Å²) in [6.07, 6.45) is 6.76. The van der Waals surface area contributed by atoms with Crippen LogP contribution in [0.2, 0.25) is 0 Å². The maximum Gasteiger partial charge on any atom is 0.0614 e. The van der Waals surface area contributed by atoms with E-state index in [1.54, 1.807) is 0 Å². The molecular formula is C16H18O2. The molecule has 2 nitrogen and oxygen atoms in total. The molecule has 7 saturated carbocycles. The monoisotopic (exact) mass is 242 g/mol. The van der Waals surface area contributed by atoms with Crippen molar-refractivity contribution >= 4 is 0 Å². The Balaban J connectivity index is 1.71. The van der Waals surface area contributed by atoms with Crippen LogP contribution >= 0.6 is 0 Å². The van der Waals surface area contributed by atoms with Crippen molar-refractivity contribution in [3.8, 4) is 0 Å². The van der Waals surface area contributed by atoms with Gasteiger partial charge in [-0.25, -0.2) is 0 Å². The van der Waals surface area contributed by atoms with Gasteiger partial charge in [0.1, 0.15) is 0 Å². The number of rotatable bonds is 0. The van der Waals surface area contributed by atoms with E-state index in [1.807, 2.05) is 0 Å². The van der Waals surface area contributed by atoms with Gasteiger partial charge in [0.05, 0.1) is 12.2 Å². The molecule has 8 aliphatic carbocycles. The van der Waals surface area contributed by atoms with Crippen molar-refractivity contribution < 1.29 is 10.2 Å². The first kappa shape index (κ1) is 8.76. The molecule has 2 unspecified atom stereocenters. The highest BCUT2D eigenvalue weighted by Crippen LogP contribution is 2.99. The van der Waals surface area contributed by atoms with Gasteiger partial charge >= 0.3 is 0 Å². The van der Waals surface area contributed by atoms with Gasteiger partial charge in [0, 0.05) is 10.8 Å². The van der Waals surface area contributed by atoms with Gasteiger partial charge in [0.15, 0.2) is 0 Å². The maximum atomic E-state index is 10.9. The Bertz CT molecular complexity index is 509. The fourth-order valence-corrected chi connectivity index (χ4v) is 9.92. The molecule has 0 aromatic heterocycles. The smallest absolute Gasteiger partial charge is 0.0614 e. The SMILES string of the molecule is O[C@@H]1C[C@H]2[C@H]3C[C@H](O)[C@@]45[C@@H]3C3C6[C@@H]4C=C[C@@H]6[C@]15[C@@H]32. The largest absolute Gasteiger partial charge is 0.392 e. The third-order valence-corrected chi connectivity index (χ3v) is 9.15. The standard InChI is InChI=1S/C16H18O2/c17-9-3-5-6-4-10(18)16-8-2-1-7-11(8)12(14(6)16)13(5)15(7,9)16/h1-2,5-14,17-18H,3-4H2/t5-,6+,7-,8-,9+,10-,11?,12?,13+,14-,15+,16+/m0/s1. The molecule has 0 aromatic carbocycles. The highest BCUT2D eigenvalue weighted by atomic mass is 16.3. The lowest BCUT2D eigenvalue weighted by Gasteiger charge is -2.53. The third kappa shape index (κ3) is 0.419. The van der Waals surface area contributed by atoms with Crippen molar-refractivity contribution in [2.45, 2.75) is 25.0 Å². The van der Waals surface area contributed by atoms with Crippen molar-refractivity contribution in [1.29, 1.82) is 0 Å². The van der Waals surface area contributed by atoms with Crippen LogP contribution in [0.4, 0.5) is 0 Å². The van der Waals surface area contributed by atoms with Gasteiger partial charge in [0.2, 0.25) is 0 Å². The van der Waals surface area contributed by atoms with Crippen LogP contribution in [0.3, 0.4) is 0 Å². The lowest BCUT2D eigenvalue weighted by Crippen LogP contribution is -2.56. The van der Waals surface area contributed by atoms with Gasteiger partial charge in [-0.3, -0.25) is 0 Å². The Hall–Kier alpha value is -0.340. The Kier molecular flexibility index (Phi) is 0.953. The van der Waals surface area contributed by atoms with Gasteiger partial charge in [-0.15, -0.1) is 0 Å². The highest BCUT2D eigenvalue weighted by molar-refractivity contribution is 5.50. The number of fused-ring (bicyclic) bond motifs is 1. The molecule has 94 valence electrons. The number of aliphatic hydroxyl groups excluding tert-OH is 2. The fraction of sp³-hybridized carbons (Fsp3) is 0.875. The Morgan fingerprint density at radius 1 is 0.778 bits per heavy atom. The normalized spacial score (nSPS) is 86.1. The van der Waals surface area contributed by atoms with E-state index in [-0.39, 0.29) is 23.0 Å². The van der Waals surface area contributed by atoms with Crippen LogP contribution in [-0.4, -0.2) is 22.4 Å². The molecule has 0 amide bonds. The van der Waals surface area contributed by atoms with Crippen LogP contribution < -0.4 is 0 Å². The van der Waals surface area contributed by atoms with Crippen LogP contribution in [0, 0.1) is 58.2 Å². The van der Waals surface area contributed by atoms with E-state index in [0.717, 1.165) is 48.3 Å². The number of allylic oxidation sites excluding steroid dienone is 2. The number of hydrogen-bond donors (Lipinski definition) is 2. The third-order valence-electron chi connectivity index (χ3n) is 9.15. The summed E-state index contributed by atoms with van der Waals surface area (Å²) in [5.74, 6) is 6.05. The second-order valence-corrected chi connectivity index (χ2v) is 8.34. The predicted molar refractivity (Wildman–Crippen MR) is 63.2 cm³/mol. The molecule has 18 heavy (non-hydrogen) atoms. The quantitative estimate of drug-likeness (QED) is 0.623. The van der Waals surface area contributed by atoms with E-state index < -0.39 is 0 Å². The molecule has 2 N–H and O–H groups in total. The van der Waals surface area contributed by atoms with Gasteiger partial charge < -0.3 is 10.2 Å². The molecule has 0 heterocycles. The van der Waals surface area contributed by atoms with Crippen LogP contribution in [0.1, 0.15) is 12.8 Å². The van der Waals surface area contributed by atoms with Crippen LogP contribution in [-0.2, 0) is 0 Å². The highest BCUT2D eigenvalue weighted by Gasteiger charge is 2.98. The molecule has 0 aliphatic heterocycles. The van der Waals surface area contributed by atoms with E-state index in [1.165, 1.54) is 0 Å². The van der Waals surface area contributed by atoms with Crippen LogP contribution in [0.25, 0.3) is 0 Å². The van der Waals surface area contributed by atoms with Crippen molar-refractivity contribution in [2.24, 2.45) is 58.2 Å². The van der Waals surface area contributed by atoms with Crippen LogP contribution in [0.15, 0.2) is 12.2 Å². The zero-order valence-electron chi connectivity index (χ0n) is 10.2. The lowest BCUT2D eigenvalue weighted by molar-refractivity contribution is -0.128. The molecule has 8 bridgehead atoms. The van der Waals surface area contributed by atoms with Crippen molar-refractivity contribution in [3.63, 3.8) is 0 Å². The number of hydrogen-bond acceptors (Lipinski definition) is 2. The second kappa shape index (κ2) is 1.96. The van der Waals surface area contributed by atoms with E-state index in [2.05, 4.69) is 12.2 Å². The molecule has 12 atom stereocenters. The molecule has 0 saturated heterocycles. The zero-order valence-corrected chi connectivity index (χ0v) is 10.2. The number of aliphatic hydroxyl groups is 2. The van der Waals surface area contributed by atoms with Crippen molar-refractivity contribution in [2.75, 3.05) is 0 Å². The van der Waals surface area contributed by atoms with Gasteiger partial charge in [-0.2, -0.15) is 0 Å². The molecule has 0 aromatic rings. The molecule has 2 heteroatoms. The summed E-state index contributed by atoms with van der Waals surface area (Å²) < 4.78 is 0. The Labute approximate surface area is 106 Å². The maximum absolute atomic E-state index is 10.9. The van der Waals surface area contributed by atoms with Crippen molar-refractivity contribution in [1.82, 2.24) is 0 Å². The topological polar surface area (TPSA) is 40.5 Å². The first-order valence-corrected chi connectivity index (χ1v) is 7.80. The summed E-state index contributed by atoms with van der Waals surface area (Å²) in [4.78, 5) is 0. The van der Waals surface area contributed by atoms with E-state index in [9.17, 15) is 10.2 Å². The van der Waals surface area contributed by atoms with E-state index >= 15 is 0 Å². The van der Waals surface area contributed by atoms with Gasteiger partial charge in [0.25, 0.3) is 0 Å². The minimum Gasteiger partial charge on any atom is -0.392 e. The summed E-state index contributed by atoms with van der Waals surface area (Å²) in [5, 5.41) is 21.8. The summed E-state index contributed by atoms with van der Waals surface area (Å²) in [7, 11) is 0. The molecule has 2 spiro atoms. The Morgan fingerprint density at radius 2 is 1.28 bits per heavy atom. The predicted octanol–water partition coefficient (Wildman–Crippen LogP) is 1.04. The van der Waals surface area contributed by atoms with E-state index in [0.29, 0.717) is 11.8 Å². The fourth-order valence-electron chi connectivity index (χ4n) is 9.92. The van der Waals surface area contributed by atoms with E-state index in [4.69, 9.17) is 0 Å². The second-order valence-electron chi connectivity index (χ2n) is 8.34. The van der Waals surface area contributed by atoms with Crippen LogP contribution in [0.5, 0.6) is 0 Å². The molecular weight excluding hydrogens is 224 g/mol. The average Bonchev–Trinajstić information content (AvgIpc) is 3.06. The van der Waals surface area contributed by atoms with Gasteiger partial charge in [-0.1, -0.05) is 12.2 Å². The minimum absolute atomic E-state index is 0.107. The average molecular weight is 242 g/mol. The molecule has 8 aliphatic rings. The summed E-state index contributed by atoms with van der Waals surface area (Å²) in [5.41, 5.74) is 0.257. The lowest BCUT2D eigenvalue weighted by atomic mass is 9.52. The van der Waals surface area contributed by atoms with Crippen molar-refractivity contribution in [3.05, 3.63) is 12.2 Å². The minimum atomic E-state index is -0.107. The van der Waals surface area contributed by atoms with Gasteiger partial charge in [-0.05, 0) is 60.2 Å². The molecule has 0 radical (unpaired) electrons. The summed E-state index contributed by atoms with van der Waals surface area (Å²) >= 11 is 0. The Morgan fingerprint density at radius 3 is 1.78 bits per heavy atom. The molecule has 8 rings (SSSR count). The summed E-state index contributed by atoms with van der Waals surface area (Å²) in [6, 6.07) is 0. The first-order valence-electron chi connectivity index (χ1n) is 7.80. The zero-order chi connectivity index (χ0) is 11.6. The first-order chi connectivity index (χ1) is 8.75. The molecule has 7 fully saturated rings.